The second-order valence-electron chi connectivity index (χ2n) is 11.0. The summed E-state index contributed by atoms with van der Waals surface area (Å²) in [5.41, 5.74) is 1.33. The Bertz CT molecular complexity index is 1460. The van der Waals surface area contributed by atoms with Gasteiger partial charge in [0.1, 0.15) is 11.8 Å². The minimum atomic E-state index is -0.691. The number of nitrogens with one attached hydrogen (secondary N) is 2. The highest BCUT2D eigenvalue weighted by molar-refractivity contribution is 8.02. The summed E-state index contributed by atoms with van der Waals surface area (Å²) in [7, 11) is 0. The predicted molar refractivity (Wildman–Crippen MR) is 161 cm³/mol. The Labute approximate surface area is 243 Å². The third-order valence-electron chi connectivity index (χ3n) is 8.61. The van der Waals surface area contributed by atoms with E-state index in [2.05, 4.69) is 10.6 Å². The van der Waals surface area contributed by atoms with Crippen LogP contribution < -0.4 is 15.4 Å². The van der Waals surface area contributed by atoms with Crippen LogP contribution in [0.15, 0.2) is 66.7 Å². The SMILES string of the molecule is CCOc1ccc(NC(=O)[C@@H]2[C@@H]3CCC4(S3)C(C(=O)Nc3ccc5ccccc5c3)N(CCCCO)C(=O)[C@H]24)cc1. The predicted octanol–water partition coefficient (Wildman–Crippen LogP) is 4.68. The van der Waals surface area contributed by atoms with Crippen molar-refractivity contribution in [3.05, 3.63) is 66.7 Å². The molecule has 3 aliphatic heterocycles. The summed E-state index contributed by atoms with van der Waals surface area (Å²) < 4.78 is 4.84. The van der Waals surface area contributed by atoms with E-state index in [1.807, 2.05) is 61.5 Å². The van der Waals surface area contributed by atoms with Gasteiger partial charge in [-0.2, -0.15) is 0 Å². The molecular weight excluding hydrogens is 538 g/mol. The van der Waals surface area contributed by atoms with E-state index in [0.29, 0.717) is 43.8 Å². The van der Waals surface area contributed by atoms with Gasteiger partial charge in [-0.3, -0.25) is 14.4 Å². The fourth-order valence-electron chi connectivity index (χ4n) is 6.89. The Balaban J connectivity index is 1.27. The van der Waals surface area contributed by atoms with E-state index in [1.54, 1.807) is 28.8 Å². The first-order valence-electron chi connectivity index (χ1n) is 14.4. The molecule has 3 saturated heterocycles. The Kier molecular flexibility index (Phi) is 7.66. The molecule has 8 nitrogen and oxygen atoms in total. The lowest BCUT2D eigenvalue weighted by atomic mass is 9.70. The van der Waals surface area contributed by atoms with Crippen LogP contribution in [0.1, 0.15) is 32.6 Å². The number of rotatable bonds is 10. The smallest absolute Gasteiger partial charge is 0.248 e. The van der Waals surface area contributed by atoms with E-state index in [9.17, 15) is 19.5 Å². The molecule has 6 rings (SSSR count). The summed E-state index contributed by atoms with van der Waals surface area (Å²) in [5, 5.41) is 17.6. The molecule has 2 unspecified atom stereocenters. The Morgan fingerprint density at radius 2 is 1.73 bits per heavy atom. The van der Waals surface area contributed by atoms with Gasteiger partial charge in [-0.1, -0.05) is 30.3 Å². The molecule has 0 aliphatic carbocycles. The molecule has 3 N–H and O–H groups in total. The summed E-state index contributed by atoms with van der Waals surface area (Å²) in [5.74, 6) is -0.909. The molecule has 2 bridgehead atoms. The van der Waals surface area contributed by atoms with Gasteiger partial charge < -0.3 is 25.4 Å². The molecule has 3 heterocycles. The molecule has 5 atom stereocenters. The number of aliphatic hydroxyl groups is 1. The number of nitrogens with zero attached hydrogens (tertiary/aromatic N) is 1. The summed E-state index contributed by atoms with van der Waals surface area (Å²) in [4.78, 5) is 43.5. The van der Waals surface area contributed by atoms with Gasteiger partial charge >= 0.3 is 0 Å². The molecule has 3 fully saturated rings. The molecular formula is C32H35N3O5S. The zero-order valence-corrected chi connectivity index (χ0v) is 23.9. The molecule has 0 saturated carbocycles. The van der Waals surface area contributed by atoms with E-state index < -0.39 is 22.6 Å². The molecule has 1 spiro atoms. The van der Waals surface area contributed by atoms with Crippen molar-refractivity contribution in [3.63, 3.8) is 0 Å². The van der Waals surface area contributed by atoms with Crippen molar-refractivity contribution >= 4 is 51.6 Å². The number of benzene rings is 3. The largest absolute Gasteiger partial charge is 0.494 e. The molecule has 3 aromatic carbocycles. The van der Waals surface area contributed by atoms with Crippen molar-refractivity contribution in [2.45, 2.75) is 48.6 Å². The van der Waals surface area contributed by atoms with Gasteiger partial charge in [-0.15, -0.1) is 11.8 Å². The minimum Gasteiger partial charge on any atom is -0.494 e. The van der Waals surface area contributed by atoms with Gasteiger partial charge in [-0.25, -0.2) is 0 Å². The lowest BCUT2D eigenvalue weighted by Gasteiger charge is -2.34. The van der Waals surface area contributed by atoms with Gasteiger partial charge in [0.25, 0.3) is 0 Å². The van der Waals surface area contributed by atoms with Crippen LogP contribution in [0.4, 0.5) is 11.4 Å². The van der Waals surface area contributed by atoms with Crippen molar-refractivity contribution < 1.29 is 24.2 Å². The second-order valence-corrected chi connectivity index (χ2v) is 12.6. The molecule has 214 valence electrons. The van der Waals surface area contributed by atoms with Crippen molar-refractivity contribution in [2.24, 2.45) is 11.8 Å². The average molecular weight is 574 g/mol. The normalized spacial score (nSPS) is 26.3. The molecule has 3 aromatic rings. The number of fused-ring (bicyclic) bond motifs is 2. The van der Waals surface area contributed by atoms with Crippen molar-refractivity contribution in [1.82, 2.24) is 4.90 Å². The van der Waals surface area contributed by atoms with Crippen LogP contribution in [0.25, 0.3) is 10.8 Å². The second kappa shape index (κ2) is 11.4. The van der Waals surface area contributed by atoms with Gasteiger partial charge in [0.15, 0.2) is 0 Å². The van der Waals surface area contributed by atoms with Gasteiger partial charge in [0, 0.05) is 29.8 Å². The van der Waals surface area contributed by atoms with Crippen LogP contribution in [0.3, 0.4) is 0 Å². The molecule has 3 aliphatic rings. The van der Waals surface area contributed by atoms with Crippen LogP contribution in [0, 0.1) is 11.8 Å². The number of unbranched alkanes of at least 4 members (excludes halogenated alkanes) is 1. The summed E-state index contributed by atoms with van der Waals surface area (Å²) in [6, 6.07) is 20.3. The molecule has 3 amide bonds. The van der Waals surface area contributed by atoms with E-state index in [1.165, 1.54) is 0 Å². The summed E-state index contributed by atoms with van der Waals surface area (Å²) >= 11 is 1.65. The lowest BCUT2D eigenvalue weighted by Crippen LogP contribution is -2.51. The number of likely N-dealkylation sites (tertiary alicyclic amines) is 1. The number of amides is 3. The summed E-state index contributed by atoms with van der Waals surface area (Å²) in [6.07, 6.45) is 2.61. The van der Waals surface area contributed by atoms with Gasteiger partial charge in [0.2, 0.25) is 17.7 Å². The highest BCUT2D eigenvalue weighted by atomic mass is 32.2. The fourth-order valence-corrected chi connectivity index (χ4v) is 9.11. The van der Waals surface area contributed by atoms with Crippen LogP contribution in [-0.4, -0.2) is 63.5 Å². The van der Waals surface area contributed by atoms with Crippen LogP contribution >= 0.6 is 11.8 Å². The Hall–Kier alpha value is -3.56. The minimum absolute atomic E-state index is 0.0223. The average Bonchev–Trinajstić information content (AvgIpc) is 3.62. The number of aliphatic hydroxyl groups excluding tert-OH is 1. The maximum Gasteiger partial charge on any atom is 0.248 e. The molecule has 0 radical (unpaired) electrons. The first kappa shape index (κ1) is 27.6. The van der Waals surface area contributed by atoms with Crippen molar-refractivity contribution in [1.29, 1.82) is 0 Å². The number of anilines is 2. The molecule has 0 aromatic heterocycles. The topological polar surface area (TPSA) is 108 Å². The van der Waals surface area contributed by atoms with Gasteiger partial charge in [0.05, 0.1) is 23.2 Å². The highest BCUT2D eigenvalue weighted by Crippen LogP contribution is 2.66. The fraction of sp³-hybridized carbons (Fsp3) is 0.406. The number of hydrogen-bond acceptors (Lipinski definition) is 6. The van der Waals surface area contributed by atoms with E-state index in [-0.39, 0.29) is 29.6 Å². The zero-order valence-electron chi connectivity index (χ0n) is 23.0. The van der Waals surface area contributed by atoms with E-state index in [4.69, 9.17) is 4.74 Å². The van der Waals surface area contributed by atoms with E-state index in [0.717, 1.165) is 22.9 Å². The number of hydrogen-bond donors (Lipinski definition) is 3. The van der Waals surface area contributed by atoms with Crippen LogP contribution in [0.2, 0.25) is 0 Å². The first-order chi connectivity index (χ1) is 19.9. The summed E-state index contributed by atoms with van der Waals surface area (Å²) in [6.45, 7) is 2.86. The number of carbonyl (C=O) groups is 3. The van der Waals surface area contributed by atoms with E-state index >= 15 is 0 Å². The number of carbonyl (C=O) groups excluding carboxylic acids is 3. The lowest BCUT2D eigenvalue weighted by molar-refractivity contribution is -0.138. The van der Waals surface area contributed by atoms with Crippen molar-refractivity contribution in [2.75, 3.05) is 30.4 Å². The molecule has 9 heteroatoms. The zero-order chi connectivity index (χ0) is 28.6. The standard InChI is InChI=1S/C32H35N3O5S/c1-2-40-24-13-11-22(12-14-24)33-29(37)26-25-15-16-32(41-25)27(26)31(39)35(17-5-6-18-36)28(32)30(38)34-23-10-9-20-7-3-4-8-21(20)19-23/h3-4,7-14,19,25-28,36H,2,5-6,15-18H2,1H3,(H,33,37)(H,34,38)/t25-,26+,27-,28?,32?/m0/s1. The first-order valence-corrected chi connectivity index (χ1v) is 15.3. The van der Waals surface area contributed by atoms with Crippen LogP contribution in [-0.2, 0) is 14.4 Å². The third-order valence-corrected chi connectivity index (χ3v) is 10.6. The maximum atomic E-state index is 14.1. The number of thioether (sulfide) groups is 1. The maximum absolute atomic E-state index is 14.1. The Morgan fingerprint density at radius 1 is 1.00 bits per heavy atom. The third kappa shape index (κ3) is 4.95. The number of ether oxygens (including phenoxy) is 1. The quantitative estimate of drug-likeness (QED) is 0.304. The van der Waals surface area contributed by atoms with Crippen LogP contribution in [0.5, 0.6) is 5.75 Å². The van der Waals surface area contributed by atoms with Crippen molar-refractivity contribution in [3.8, 4) is 5.75 Å². The Morgan fingerprint density at radius 3 is 2.49 bits per heavy atom. The molecule has 41 heavy (non-hydrogen) atoms. The highest BCUT2D eigenvalue weighted by Gasteiger charge is 2.73. The monoisotopic (exact) mass is 573 g/mol. The van der Waals surface area contributed by atoms with Gasteiger partial charge in [-0.05, 0) is 79.8 Å².